The van der Waals surface area contributed by atoms with Gasteiger partial charge in [-0.25, -0.2) is 0 Å². The number of carbonyl (C=O) groups excluding carboxylic acids is 1. The second-order valence-corrected chi connectivity index (χ2v) is 13.3. The Bertz CT molecular complexity index is 1300. The summed E-state index contributed by atoms with van der Waals surface area (Å²) in [5, 5.41) is 0.646. The fraction of sp³-hybridized carbons (Fsp3) is 0.406. The topological polar surface area (TPSA) is 34.1 Å². The lowest BCUT2D eigenvalue weighted by atomic mass is 9.89. The van der Waals surface area contributed by atoms with Gasteiger partial charge in [0.1, 0.15) is 0 Å². The fourth-order valence-electron chi connectivity index (χ4n) is 5.69. The van der Waals surface area contributed by atoms with Gasteiger partial charge in [-0.3, -0.25) is 4.79 Å². The third-order valence-electron chi connectivity index (χ3n) is 7.48. The molecule has 0 heterocycles. The van der Waals surface area contributed by atoms with Crippen LogP contribution in [-0.2, 0) is 23.6 Å². The van der Waals surface area contributed by atoms with Gasteiger partial charge in [-0.2, -0.15) is 0 Å². The highest BCUT2D eigenvalue weighted by atomic mass is 31.2. The van der Waals surface area contributed by atoms with E-state index in [1.165, 1.54) is 27.8 Å². The molecule has 3 heteroatoms. The molecule has 0 spiro atoms. The number of benzene rings is 3. The monoisotopic (exact) mass is 488 g/mol. The molecule has 35 heavy (non-hydrogen) atoms. The fourth-order valence-corrected chi connectivity index (χ4v) is 8.54. The smallest absolute Gasteiger partial charge is 0.226 e. The van der Waals surface area contributed by atoms with E-state index in [-0.39, 0.29) is 11.7 Å². The van der Waals surface area contributed by atoms with Crippen LogP contribution >= 0.6 is 7.14 Å². The average molecular weight is 489 g/mol. The molecular formula is C32H41O2P. The van der Waals surface area contributed by atoms with E-state index in [1.807, 2.05) is 44.2 Å². The SMILES string of the molecule is CCc1c(C)cc(C)c(CP(=O)(C(=O)c2c(C)cc(C)c(CC(C)C)c2C)c2ccccc2)c1C. The first-order valence-electron chi connectivity index (χ1n) is 12.8. The molecule has 1 unspecified atom stereocenters. The van der Waals surface area contributed by atoms with Crippen LogP contribution in [0.3, 0.4) is 0 Å². The molecule has 3 aromatic rings. The van der Waals surface area contributed by atoms with Gasteiger partial charge in [0.15, 0.2) is 7.14 Å². The van der Waals surface area contributed by atoms with Gasteiger partial charge in [-0.05, 0) is 110 Å². The van der Waals surface area contributed by atoms with Crippen molar-refractivity contribution in [3.63, 3.8) is 0 Å². The molecule has 2 nitrogen and oxygen atoms in total. The quantitative estimate of drug-likeness (QED) is 0.299. The summed E-state index contributed by atoms with van der Waals surface area (Å²) >= 11 is 0. The number of hydrogen-bond acceptors (Lipinski definition) is 2. The Morgan fingerprint density at radius 3 is 1.89 bits per heavy atom. The van der Waals surface area contributed by atoms with Crippen molar-refractivity contribution in [3.8, 4) is 0 Å². The molecule has 3 aromatic carbocycles. The van der Waals surface area contributed by atoms with Gasteiger partial charge in [0, 0.05) is 17.0 Å². The van der Waals surface area contributed by atoms with Crippen molar-refractivity contribution in [1.82, 2.24) is 0 Å². The third-order valence-corrected chi connectivity index (χ3v) is 10.3. The molecule has 3 rings (SSSR count). The van der Waals surface area contributed by atoms with E-state index in [9.17, 15) is 4.79 Å². The number of aryl methyl sites for hydroxylation is 4. The lowest BCUT2D eigenvalue weighted by Gasteiger charge is -2.25. The summed E-state index contributed by atoms with van der Waals surface area (Å²) in [7, 11) is -3.47. The predicted octanol–water partition coefficient (Wildman–Crippen LogP) is 8.33. The van der Waals surface area contributed by atoms with E-state index < -0.39 is 7.14 Å². The summed E-state index contributed by atoms with van der Waals surface area (Å²) in [5.74, 6) is 0.476. The minimum atomic E-state index is -3.47. The zero-order valence-corrected chi connectivity index (χ0v) is 23.9. The highest BCUT2D eigenvalue weighted by Gasteiger charge is 2.38. The molecule has 0 saturated heterocycles. The second-order valence-electron chi connectivity index (χ2n) is 10.6. The molecule has 0 aliphatic rings. The summed E-state index contributed by atoms with van der Waals surface area (Å²) in [6.07, 6.45) is 2.08. The van der Waals surface area contributed by atoms with Crippen LogP contribution in [0.1, 0.15) is 81.2 Å². The second kappa shape index (κ2) is 10.7. The Labute approximate surface area is 212 Å². The maximum absolute atomic E-state index is 15.0. The molecule has 0 fully saturated rings. The van der Waals surface area contributed by atoms with Gasteiger partial charge in [0.05, 0.1) is 0 Å². The number of carbonyl (C=O) groups is 1. The van der Waals surface area contributed by atoms with Crippen molar-refractivity contribution < 1.29 is 9.36 Å². The average Bonchev–Trinajstić information content (AvgIpc) is 2.79. The van der Waals surface area contributed by atoms with Gasteiger partial charge in [-0.1, -0.05) is 63.2 Å². The van der Waals surface area contributed by atoms with Gasteiger partial charge in [0.25, 0.3) is 0 Å². The first-order valence-corrected chi connectivity index (χ1v) is 14.7. The summed E-state index contributed by atoms with van der Waals surface area (Å²) in [5.41, 5.74) is 10.7. The summed E-state index contributed by atoms with van der Waals surface area (Å²) in [4.78, 5) is 14.4. The van der Waals surface area contributed by atoms with E-state index in [1.54, 1.807) is 0 Å². The van der Waals surface area contributed by atoms with Crippen LogP contribution in [0.25, 0.3) is 0 Å². The first-order chi connectivity index (χ1) is 16.4. The van der Waals surface area contributed by atoms with Crippen molar-refractivity contribution in [2.75, 3.05) is 0 Å². The Morgan fingerprint density at radius 1 is 0.771 bits per heavy atom. The largest absolute Gasteiger partial charge is 0.310 e. The van der Waals surface area contributed by atoms with Crippen LogP contribution < -0.4 is 5.30 Å². The van der Waals surface area contributed by atoms with E-state index in [0.717, 1.165) is 35.1 Å². The van der Waals surface area contributed by atoms with Gasteiger partial charge in [-0.15, -0.1) is 0 Å². The van der Waals surface area contributed by atoms with Crippen molar-refractivity contribution in [3.05, 3.63) is 98.1 Å². The van der Waals surface area contributed by atoms with Crippen molar-refractivity contribution >= 4 is 18.0 Å². The lowest BCUT2D eigenvalue weighted by Crippen LogP contribution is -2.19. The van der Waals surface area contributed by atoms with E-state index in [4.69, 9.17) is 0 Å². The van der Waals surface area contributed by atoms with Gasteiger partial charge < -0.3 is 4.57 Å². The Balaban J connectivity index is 2.27. The summed E-state index contributed by atoms with van der Waals surface area (Å²) in [6.45, 7) is 19.0. The van der Waals surface area contributed by atoms with E-state index in [2.05, 4.69) is 60.6 Å². The van der Waals surface area contributed by atoms with Gasteiger partial charge >= 0.3 is 0 Å². The zero-order chi connectivity index (χ0) is 26.1. The standard InChI is InChI=1S/C32H41O2P/c1-10-28-21(4)17-23(6)30(25(28)8)19-35(34,27-14-12-11-13-15-27)32(33)31-24(7)18-22(5)29(26(31)9)16-20(2)3/h11-15,17-18,20H,10,16,19H2,1-9H3. The van der Waals surface area contributed by atoms with Crippen LogP contribution in [0.4, 0.5) is 0 Å². The molecule has 0 amide bonds. The normalized spacial score (nSPS) is 13.2. The minimum Gasteiger partial charge on any atom is -0.310 e. The maximum Gasteiger partial charge on any atom is 0.226 e. The molecule has 0 saturated carbocycles. The van der Waals surface area contributed by atoms with E-state index in [0.29, 0.717) is 16.8 Å². The molecule has 0 bridgehead atoms. The van der Waals surface area contributed by atoms with Crippen LogP contribution in [0.5, 0.6) is 0 Å². The number of hydrogen-bond donors (Lipinski definition) is 0. The van der Waals surface area contributed by atoms with E-state index >= 15 is 4.57 Å². The van der Waals surface area contributed by atoms with Crippen molar-refractivity contribution in [2.24, 2.45) is 5.92 Å². The summed E-state index contributed by atoms with van der Waals surface area (Å²) in [6, 6.07) is 13.7. The summed E-state index contributed by atoms with van der Waals surface area (Å²) < 4.78 is 15.0. The van der Waals surface area contributed by atoms with Crippen LogP contribution in [0.15, 0.2) is 42.5 Å². The Kier molecular flexibility index (Phi) is 8.28. The Hall–Kier alpha value is -2.44. The molecule has 0 aromatic heterocycles. The van der Waals surface area contributed by atoms with Crippen LogP contribution in [0.2, 0.25) is 0 Å². The lowest BCUT2D eigenvalue weighted by molar-refractivity contribution is 0.107. The van der Waals surface area contributed by atoms with Crippen LogP contribution in [0, 0.1) is 47.5 Å². The molecular weight excluding hydrogens is 447 g/mol. The van der Waals surface area contributed by atoms with Crippen molar-refractivity contribution in [2.45, 2.75) is 81.3 Å². The predicted molar refractivity (Wildman–Crippen MR) is 151 cm³/mol. The zero-order valence-electron chi connectivity index (χ0n) is 23.0. The third kappa shape index (κ3) is 5.24. The van der Waals surface area contributed by atoms with Crippen LogP contribution in [-0.4, -0.2) is 5.52 Å². The molecule has 0 radical (unpaired) electrons. The minimum absolute atomic E-state index is 0.207. The Morgan fingerprint density at radius 2 is 1.31 bits per heavy atom. The highest BCUT2D eigenvalue weighted by Crippen LogP contribution is 2.53. The molecule has 0 aliphatic carbocycles. The molecule has 186 valence electrons. The number of rotatable bonds is 8. The van der Waals surface area contributed by atoms with Gasteiger partial charge in [0.2, 0.25) is 5.52 Å². The molecule has 0 aliphatic heterocycles. The maximum atomic E-state index is 15.0. The molecule has 1 atom stereocenters. The molecule has 0 N–H and O–H groups in total. The first kappa shape index (κ1) is 27.2. The van der Waals surface area contributed by atoms with Crippen molar-refractivity contribution in [1.29, 1.82) is 0 Å². The highest BCUT2D eigenvalue weighted by molar-refractivity contribution is 7.86.